The number of rotatable bonds is 7. The monoisotopic (exact) mass is 422 g/mol. The topological polar surface area (TPSA) is 58.4 Å². The van der Waals surface area contributed by atoms with Crippen LogP contribution in [0.2, 0.25) is 0 Å². The van der Waals surface area contributed by atoms with Crippen LogP contribution < -0.4 is 0 Å². The van der Waals surface area contributed by atoms with E-state index < -0.39 is 0 Å². The Morgan fingerprint density at radius 1 is 0.935 bits per heavy atom. The molecule has 0 atom stereocenters. The lowest BCUT2D eigenvalue weighted by atomic mass is 9.89. The molecule has 6 heteroatoms. The quantitative estimate of drug-likeness (QED) is 0.686. The van der Waals surface area contributed by atoms with Gasteiger partial charge in [-0.3, -0.25) is 14.3 Å². The number of hydrogen-bond donors (Lipinski definition) is 0. The van der Waals surface area contributed by atoms with Crippen molar-refractivity contribution in [3.05, 3.63) is 53.3 Å². The molecule has 2 aromatic rings. The van der Waals surface area contributed by atoms with Gasteiger partial charge in [-0.15, -0.1) is 0 Å². The Labute approximate surface area is 185 Å². The van der Waals surface area contributed by atoms with E-state index in [-0.39, 0.29) is 5.91 Å². The third-order valence-electron chi connectivity index (χ3n) is 6.72. The second-order valence-corrected chi connectivity index (χ2v) is 8.90. The van der Waals surface area contributed by atoms with Gasteiger partial charge in [0.2, 0.25) is 5.91 Å². The number of nitrogens with zero attached hydrogens (tertiary/aromatic N) is 4. The SMILES string of the molecule is CCn1ccc(C(=O)N2CCC(Cc3ccc(CCC(=O)N4CCCC4)cc3)CC2)n1. The Kier molecular flexibility index (Phi) is 7.05. The average molecular weight is 423 g/mol. The lowest BCUT2D eigenvalue weighted by Gasteiger charge is -2.31. The number of carbonyl (C=O) groups is 2. The van der Waals surface area contributed by atoms with Crippen LogP contribution in [0.15, 0.2) is 36.5 Å². The van der Waals surface area contributed by atoms with E-state index in [1.54, 1.807) is 4.68 Å². The number of hydrogen-bond acceptors (Lipinski definition) is 3. The molecule has 0 radical (unpaired) electrons. The third kappa shape index (κ3) is 5.54. The Bertz CT molecular complexity index is 875. The smallest absolute Gasteiger partial charge is 0.274 e. The standard InChI is InChI=1S/C25H34N4O2/c1-2-29-18-13-23(26-29)25(31)28-16-11-22(12-17-28)19-21-7-5-20(6-8-21)9-10-24(30)27-14-3-4-15-27/h5-8,13,18,22H,2-4,9-12,14-17,19H2,1H3. The van der Waals surface area contributed by atoms with E-state index in [0.29, 0.717) is 23.9 Å². The van der Waals surface area contributed by atoms with Gasteiger partial charge in [-0.2, -0.15) is 5.10 Å². The summed E-state index contributed by atoms with van der Waals surface area (Å²) >= 11 is 0. The maximum Gasteiger partial charge on any atom is 0.274 e. The minimum absolute atomic E-state index is 0.0541. The number of amides is 2. The van der Waals surface area contributed by atoms with E-state index >= 15 is 0 Å². The zero-order chi connectivity index (χ0) is 21.6. The van der Waals surface area contributed by atoms with Crippen molar-refractivity contribution in [2.75, 3.05) is 26.2 Å². The van der Waals surface area contributed by atoms with Crippen LogP contribution in [0.1, 0.15) is 60.6 Å². The van der Waals surface area contributed by atoms with E-state index in [1.165, 1.54) is 11.1 Å². The molecule has 4 rings (SSSR count). The molecule has 0 unspecified atom stereocenters. The number of aromatic nitrogens is 2. The van der Waals surface area contributed by atoms with E-state index in [9.17, 15) is 9.59 Å². The van der Waals surface area contributed by atoms with Crippen molar-refractivity contribution in [2.24, 2.45) is 5.92 Å². The molecule has 0 aliphatic carbocycles. The molecule has 1 aromatic heterocycles. The van der Waals surface area contributed by atoms with E-state index in [0.717, 1.165) is 71.2 Å². The second kappa shape index (κ2) is 10.1. The summed E-state index contributed by atoms with van der Waals surface area (Å²) in [7, 11) is 0. The molecule has 2 amide bonds. The Hall–Kier alpha value is -2.63. The van der Waals surface area contributed by atoms with Crippen molar-refractivity contribution >= 4 is 11.8 Å². The van der Waals surface area contributed by atoms with Gasteiger partial charge in [-0.05, 0) is 68.6 Å². The fourth-order valence-electron chi connectivity index (χ4n) is 4.71. The van der Waals surface area contributed by atoms with Gasteiger partial charge in [0.05, 0.1) is 0 Å². The van der Waals surface area contributed by atoms with Crippen molar-refractivity contribution in [1.82, 2.24) is 19.6 Å². The molecule has 2 saturated heterocycles. The molecule has 3 heterocycles. The number of piperidine rings is 1. The molecule has 0 N–H and O–H groups in total. The van der Waals surface area contributed by atoms with Crippen LogP contribution in [-0.2, 0) is 24.2 Å². The maximum absolute atomic E-state index is 12.6. The van der Waals surface area contributed by atoms with Crippen LogP contribution in [0.3, 0.4) is 0 Å². The van der Waals surface area contributed by atoms with Crippen molar-refractivity contribution in [3.8, 4) is 0 Å². The molecule has 166 valence electrons. The lowest BCUT2D eigenvalue weighted by molar-refractivity contribution is -0.130. The Morgan fingerprint density at radius 2 is 1.61 bits per heavy atom. The van der Waals surface area contributed by atoms with E-state index in [4.69, 9.17) is 0 Å². The molecule has 31 heavy (non-hydrogen) atoms. The minimum Gasteiger partial charge on any atom is -0.343 e. The predicted octanol–water partition coefficient (Wildman–Crippen LogP) is 3.55. The van der Waals surface area contributed by atoms with Crippen LogP contribution in [0.4, 0.5) is 0 Å². The summed E-state index contributed by atoms with van der Waals surface area (Å²) in [6.07, 6.45) is 8.73. The molecular weight excluding hydrogens is 388 g/mol. The number of aryl methyl sites for hydroxylation is 2. The molecular formula is C25H34N4O2. The molecule has 2 fully saturated rings. The fraction of sp³-hybridized carbons (Fsp3) is 0.560. The summed E-state index contributed by atoms with van der Waals surface area (Å²) in [6, 6.07) is 10.6. The van der Waals surface area contributed by atoms with Crippen molar-refractivity contribution in [1.29, 1.82) is 0 Å². The van der Waals surface area contributed by atoms with Crippen molar-refractivity contribution < 1.29 is 9.59 Å². The summed E-state index contributed by atoms with van der Waals surface area (Å²) in [5.74, 6) is 0.961. The molecule has 0 bridgehead atoms. The normalized spacial score (nSPS) is 17.3. The number of likely N-dealkylation sites (tertiary alicyclic amines) is 2. The van der Waals surface area contributed by atoms with Crippen LogP contribution in [0.5, 0.6) is 0 Å². The van der Waals surface area contributed by atoms with Crippen molar-refractivity contribution in [2.45, 2.75) is 58.4 Å². The largest absolute Gasteiger partial charge is 0.343 e. The third-order valence-corrected chi connectivity index (χ3v) is 6.72. The minimum atomic E-state index is 0.0541. The highest BCUT2D eigenvalue weighted by Crippen LogP contribution is 2.23. The summed E-state index contributed by atoms with van der Waals surface area (Å²) in [5.41, 5.74) is 3.14. The van der Waals surface area contributed by atoms with Crippen LogP contribution in [0, 0.1) is 5.92 Å². The van der Waals surface area contributed by atoms with Gasteiger partial charge < -0.3 is 9.80 Å². The summed E-state index contributed by atoms with van der Waals surface area (Å²) in [5, 5.41) is 4.35. The number of carbonyl (C=O) groups excluding carboxylic acids is 2. The highest BCUT2D eigenvalue weighted by atomic mass is 16.2. The van der Waals surface area contributed by atoms with Gasteiger partial charge in [0, 0.05) is 45.3 Å². The average Bonchev–Trinajstić information content (AvgIpc) is 3.51. The summed E-state index contributed by atoms with van der Waals surface area (Å²) in [6.45, 7) is 6.28. The lowest BCUT2D eigenvalue weighted by Crippen LogP contribution is -2.39. The Morgan fingerprint density at radius 3 is 2.26 bits per heavy atom. The zero-order valence-electron chi connectivity index (χ0n) is 18.6. The predicted molar refractivity (Wildman–Crippen MR) is 121 cm³/mol. The van der Waals surface area contributed by atoms with Gasteiger partial charge >= 0.3 is 0 Å². The number of benzene rings is 1. The van der Waals surface area contributed by atoms with Gasteiger partial charge in [-0.1, -0.05) is 24.3 Å². The highest BCUT2D eigenvalue weighted by molar-refractivity contribution is 5.92. The van der Waals surface area contributed by atoms with Crippen molar-refractivity contribution in [3.63, 3.8) is 0 Å². The first-order chi connectivity index (χ1) is 15.1. The zero-order valence-corrected chi connectivity index (χ0v) is 18.6. The molecule has 2 aliphatic rings. The first kappa shape index (κ1) is 21.6. The Balaban J connectivity index is 1.21. The summed E-state index contributed by atoms with van der Waals surface area (Å²) < 4.78 is 1.80. The van der Waals surface area contributed by atoms with Crippen LogP contribution >= 0.6 is 0 Å². The molecule has 2 aliphatic heterocycles. The van der Waals surface area contributed by atoms with Crippen LogP contribution in [-0.4, -0.2) is 57.6 Å². The van der Waals surface area contributed by atoms with Gasteiger partial charge in [-0.25, -0.2) is 0 Å². The first-order valence-corrected chi connectivity index (χ1v) is 11.8. The van der Waals surface area contributed by atoms with Gasteiger partial charge in [0.15, 0.2) is 0 Å². The highest BCUT2D eigenvalue weighted by Gasteiger charge is 2.25. The fourth-order valence-corrected chi connectivity index (χ4v) is 4.71. The van der Waals surface area contributed by atoms with Gasteiger partial charge in [0.1, 0.15) is 5.69 Å². The molecule has 0 spiro atoms. The van der Waals surface area contributed by atoms with Gasteiger partial charge in [0.25, 0.3) is 5.91 Å². The maximum atomic E-state index is 12.6. The summed E-state index contributed by atoms with van der Waals surface area (Å²) in [4.78, 5) is 28.8. The first-order valence-electron chi connectivity index (χ1n) is 11.8. The van der Waals surface area contributed by atoms with E-state index in [1.807, 2.05) is 29.0 Å². The van der Waals surface area contributed by atoms with E-state index in [2.05, 4.69) is 29.4 Å². The molecule has 6 nitrogen and oxygen atoms in total. The molecule has 0 saturated carbocycles. The molecule has 1 aromatic carbocycles. The van der Waals surface area contributed by atoms with Crippen LogP contribution in [0.25, 0.3) is 0 Å². The second-order valence-electron chi connectivity index (χ2n) is 8.90.